The van der Waals surface area contributed by atoms with Crippen LogP contribution in [0.3, 0.4) is 0 Å². The predicted molar refractivity (Wildman–Crippen MR) is 58.8 cm³/mol. The van der Waals surface area contributed by atoms with Crippen LogP contribution in [0.5, 0.6) is 0 Å². The number of thiocarbonyl (C=S) groups is 1. The first-order valence-corrected chi connectivity index (χ1v) is 4.39. The summed E-state index contributed by atoms with van der Waals surface area (Å²) in [6, 6.07) is 6.00. The molecule has 14 heavy (non-hydrogen) atoms. The molecule has 0 spiro atoms. The maximum Gasteiger partial charge on any atom is 0.186 e. The molecule has 2 N–H and O–H groups in total. The van der Waals surface area contributed by atoms with Crippen molar-refractivity contribution in [3.8, 4) is 0 Å². The molecule has 74 valence electrons. The van der Waals surface area contributed by atoms with E-state index >= 15 is 0 Å². The van der Waals surface area contributed by atoms with Crippen LogP contribution in [-0.2, 0) is 0 Å². The van der Waals surface area contributed by atoms with Gasteiger partial charge in [-0.1, -0.05) is 12.1 Å². The molecule has 0 unspecified atom stereocenters. The van der Waals surface area contributed by atoms with E-state index in [0.717, 1.165) is 5.56 Å². The van der Waals surface area contributed by atoms with Gasteiger partial charge in [0.1, 0.15) is 5.82 Å². The summed E-state index contributed by atoms with van der Waals surface area (Å²) in [6.45, 7) is 0. The molecule has 1 rings (SSSR count). The molecule has 0 aliphatic carbocycles. The first-order valence-electron chi connectivity index (χ1n) is 3.98. The maximum atomic E-state index is 12.5. The van der Waals surface area contributed by atoms with E-state index in [9.17, 15) is 4.39 Å². The molecule has 0 bridgehead atoms. The average molecular weight is 211 g/mol. The van der Waals surface area contributed by atoms with E-state index in [4.69, 9.17) is 12.2 Å². The van der Waals surface area contributed by atoms with Gasteiger partial charge >= 0.3 is 0 Å². The van der Waals surface area contributed by atoms with E-state index in [0.29, 0.717) is 5.11 Å². The van der Waals surface area contributed by atoms with Crippen molar-refractivity contribution < 1.29 is 4.39 Å². The van der Waals surface area contributed by atoms with Crippen molar-refractivity contribution in [3.05, 3.63) is 35.6 Å². The van der Waals surface area contributed by atoms with E-state index in [1.54, 1.807) is 25.4 Å². The third-order valence-corrected chi connectivity index (χ3v) is 1.77. The zero-order chi connectivity index (χ0) is 10.4. The largest absolute Gasteiger partial charge is 0.364 e. The van der Waals surface area contributed by atoms with Gasteiger partial charge in [0.25, 0.3) is 0 Å². The predicted octanol–water partition coefficient (Wildman–Crippen LogP) is 1.25. The lowest BCUT2D eigenvalue weighted by atomic mass is 10.2. The van der Waals surface area contributed by atoms with E-state index < -0.39 is 0 Å². The molecule has 0 aromatic heterocycles. The molecule has 0 radical (unpaired) electrons. The Kier molecular flexibility index (Phi) is 4.00. The highest BCUT2D eigenvalue weighted by molar-refractivity contribution is 7.80. The van der Waals surface area contributed by atoms with Gasteiger partial charge in [-0.05, 0) is 29.9 Å². The molecule has 5 heteroatoms. The highest BCUT2D eigenvalue weighted by Crippen LogP contribution is 1.99. The van der Waals surface area contributed by atoms with Gasteiger partial charge in [-0.3, -0.25) is 5.43 Å². The first-order chi connectivity index (χ1) is 6.72. The van der Waals surface area contributed by atoms with E-state index in [1.807, 2.05) is 0 Å². The second-order valence-corrected chi connectivity index (χ2v) is 2.91. The van der Waals surface area contributed by atoms with E-state index in [1.165, 1.54) is 12.1 Å². The Bertz CT molecular complexity index is 334. The summed E-state index contributed by atoms with van der Waals surface area (Å²) in [5, 5.41) is 6.98. The van der Waals surface area contributed by atoms with Crippen molar-refractivity contribution in [2.75, 3.05) is 7.05 Å². The monoisotopic (exact) mass is 211 g/mol. The van der Waals surface area contributed by atoms with Crippen LogP contribution in [0, 0.1) is 5.82 Å². The molecule has 1 aromatic carbocycles. The quantitative estimate of drug-likeness (QED) is 0.439. The van der Waals surface area contributed by atoms with Gasteiger partial charge in [-0.15, -0.1) is 0 Å². The summed E-state index contributed by atoms with van der Waals surface area (Å²) in [7, 11) is 1.70. The van der Waals surface area contributed by atoms with Crippen LogP contribution < -0.4 is 10.7 Å². The lowest BCUT2D eigenvalue weighted by Crippen LogP contribution is -2.28. The molecule has 0 amide bonds. The number of hydrazone groups is 1. The van der Waals surface area contributed by atoms with Crippen molar-refractivity contribution >= 4 is 23.5 Å². The SMILES string of the molecule is CNC(=S)NN=Cc1ccc(F)cc1. The molecule has 0 aliphatic rings. The van der Waals surface area contributed by atoms with Crippen molar-refractivity contribution in [1.82, 2.24) is 10.7 Å². The van der Waals surface area contributed by atoms with Crippen LogP contribution in [0.2, 0.25) is 0 Å². The van der Waals surface area contributed by atoms with Gasteiger partial charge in [0.05, 0.1) is 6.21 Å². The number of benzene rings is 1. The fraction of sp³-hybridized carbons (Fsp3) is 0.111. The van der Waals surface area contributed by atoms with Gasteiger partial charge in [0.2, 0.25) is 0 Å². The Hall–Kier alpha value is -1.49. The van der Waals surface area contributed by atoms with Crippen LogP contribution in [-0.4, -0.2) is 18.4 Å². The summed E-state index contributed by atoms with van der Waals surface area (Å²) in [6.07, 6.45) is 1.56. The summed E-state index contributed by atoms with van der Waals surface area (Å²) in [4.78, 5) is 0. The van der Waals surface area contributed by atoms with Crippen LogP contribution in [0.25, 0.3) is 0 Å². The Morgan fingerprint density at radius 3 is 2.64 bits per heavy atom. The van der Waals surface area contributed by atoms with E-state index in [2.05, 4.69) is 15.8 Å². The van der Waals surface area contributed by atoms with Crippen LogP contribution in [0.1, 0.15) is 5.56 Å². The number of rotatable bonds is 2. The Morgan fingerprint density at radius 2 is 2.07 bits per heavy atom. The number of nitrogens with one attached hydrogen (secondary N) is 2. The highest BCUT2D eigenvalue weighted by Gasteiger charge is 1.89. The number of halogens is 1. The van der Waals surface area contributed by atoms with Crippen molar-refractivity contribution in [2.24, 2.45) is 5.10 Å². The van der Waals surface area contributed by atoms with Crippen molar-refractivity contribution in [2.45, 2.75) is 0 Å². The van der Waals surface area contributed by atoms with Crippen molar-refractivity contribution in [3.63, 3.8) is 0 Å². The third-order valence-electron chi connectivity index (χ3n) is 1.48. The maximum absolute atomic E-state index is 12.5. The van der Waals surface area contributed by atoms with Gasteiger partial charge in [-0.25, -0.2) is 4.39 Å². The number of hydrogen-bond donors (Lipinski definition) is 2. The summed E-state index contributed by atoms with van der Waals surface area (Å²) < 4.78 is 12.5. The standard InChI is InChI=1S/C9H10FN3S/c1-11-9(14)13-12-6-7-2-4-8(10)5-3-7/h2-6H,1H3,(H2,11,13,14). The smallest absolute Gasteiger partial charge is 0.186 e. The van der Waals surface area contributed by atoms with Crippen LogP contribution in [0.4, 0.5) is 4.39 Å². The minimum atomic E-state index is -0.263. The Morgan fingerprint density at radius 1 is 1.43 bits per heavy atom. The van der Waals surface area contributed by atoms with Crippen molar-refractivity contribution in [1.29, 1.82) is 0 Å². The second-order valence-electron chi connectivity index (χ2n) is 2.50. The molecular weight excluding hydrogens is 201 g/mol. The normalized spacial score (nSPS) is 10.1. The minimum absolute atomic E-state index is 0.263. The molecule has 0 saturated carbocycles. The highest BCUT2D eigenvalue weighted by atomic mass is 32.1. The lowest BCUT2D eigenvalue weighted by molar-refractivity contribution is 0.628. The zero-order valence-corrected chi connectivity index (χ0v) is 8.44. The second kappa shape index (κ2) is 5.29. The first kappa shape index (κ1) is 10.6. The lowest BCUT2D eigenvalue weighted by Gasteiger charge is -1.99. The number of hydrogen-bond acceptors (Lipinski definition) is 2. The fourth-order valence-corrected chi connectivity index (χ4v) is 0.823. The Balaban J connectivity index is 2.52. The zero-order valence-electron chi connectivity index (χ0n) is 7.62. The fourth-order valence-electron chi connectivity index (χ4n) is 0.770. The molecule has 0 heterocycles. The third kappa shape index (κ3) is 3.49. The topological polar surface area (TPSA) is 36.4 Å². The molecule has 0 atom stereocenters. The Labute approximate surface area is 87.0 Å². The molecule has 3 nitrogen and oxygen atoms in total. The average Bonchev–Trinajstić information content (AvgIpc) is 2.21. The molecular formula is C9H10FN3S. The number of nitrogens with zero attached hydrogens (tertiary/aromatic N) is 1. The molecule has 1 aromatic rings. The van der Waals surface area contributed by atoms with Gasteiger partial charge in [0.15, 0.2) is 5.11 Å². The van der Waals surface area contributed by atoms with E-state index in [-0.39, 0.29) is 5.82 Å². The van der Waals surface area contributed by atoms with Gasteiger partial charge < -0.3 is 5.32 Å². The summed E-state index contributed by atoms with van der Waals surface area (Å²) in [5.41, 5.74) is 3.39. The minimum Gasteiger partial charge on any atom is -0.364 e. The summed E-state index contributed by atoms with van der Waals surface area (Å²) in [5.74, 6) is -0.263. The van der Waals surface area contributed by atoms with Crippen LogP contribution >= 0.6 is 12.2 Å². The molecule has 0 fully saturated rings. The van der Waals surface area contributed by atoms with Gasteiger partial charge in [-0.2, -0.15) is 5.10 Å². The van der Waals surface area contributed by atoms with Crippen LogP contribution in [0.15, 0.2) is 29.4 Å². The molecule has 0 aliphatic heterocycles. The molecule has 0 saturated heterocycles. The van der Waals surface area contributed by atoms with Gasteiger partial charge in [0, 0.05) is 7.05 Å². The summed E-state index contributed by atoms with van der Waals surface area (Å²) >= 11 is 4.80.